The molecule has 8 aromatic heterocycles. The van der Waals surface area contributed by atoms with Gasteiger partial charge in [-0.2, -0.15) is 5.10 Å². The van der Waals surface area contributed by atoms with Crippen molar-refractivity contribution in [2.24, 2.45) is 0 Å². The van der Waals surface area contributed by atoms with E-state index in [1.54, 1.807) is 10.8 Å². The Morgan fingerprint density at radius 3 is 1.95 bits per heavy atom. The molecule has 0 amide bonds. The highest BCUT2D eigenvalue weighted by molar-refractivity contribution is 5.78. The highest BCUT2D eigenvalue weighted by atomic mass is 15.3. The topological polar surface area (TPSA) is 159 Å². The molecule has 0 aliphatic heterocycles. The average Bonchev–Trinajstić information content (AvgIpc) is 4.06. The van der Waals surface area contributed by atoms with Gasteiger partial charge in [0.15, 0.2) is 5.65 Å². The maximum Gasteiger partial charge on any atom is 0.266 e. The summed E-state index contributed by atoms with van der Waals surface area (Å²) >= 11 is 0. The van der Waals surface area contributed by atoms with Crippen LogP contribution in [-0.4, -0.2) is 66.2 Å². The second kappa shape index (κ2) is 16.3. The van der Waals surface area contributed by atoms with Gasteiger partial charge in [0.1, 0.15) is 29.9 Å². The minimum Gasteiger partial charge on any atom is -0.339 e. The van der Waals surface area contributed by atoms with Gasteiger partial charge in [0, 0.05) is 52.0 Å². The maximum atomic E-state index is 5.18. The summed E-state index contributed by atoms with van der Waals surface area (Å²) in [6.07, 6.45) is 19.7. The van der Waals surface area contributed by atoms with Gasteiger partial charge < -0.3 is 20.6 Å². The van der Waals surface area contributed by atoms with E-state index in [2.05, 4.69) is 65.7 Å². The Hall–Kier alpha value is -6.12. The number of nitrogens with zero attached hydrogens (tertiary/aromatic N) is 10. The van der Waals surface area contributed by atoms with E-state index in [1.165, 1.54) is 38.5 Å². The normalized spacial score (nSPS) is 17.9. The molecule has 10 rings (SSSR count). The van der Waals surface area contributed by atoms with Crippen molar-refractivity contribution < 1.29 is 4.57 Å². The highest BCUT2D eigenvalue weighted by Gasteiger charge is 2.29. The van der Waals surface area contributed by atoms with E-state index in [4.69, 9.17) is 25.0 Å². The van der Waals surface area contributed by atoms with Crippen LogP contribution < -0.4 is 15.2 Å². The lowest BCUT2D eigenvalue weighted by Gasteiger charge is -2.28. The second-order valence-corrected chi connectivity index (χ2v) is 16.3. The molecule has 2 aliphatic rings. The van der Waals surface area contributed by atoms with Crippen LogP contribution in [0, 0.1) is 13.8 Å². The molecule has 14 heteroatoms. The standard InChI is InChI=1S/C45H51N14/c1-29-10-7-16-36(51-29)44-42(31-18-20-40-48-27-49-58(40)25-31)54-39(56-44)24-47-34-14-9-15-35(22-34)57-28-50-59-26-32(19-21-41(57)59)43-45(37-17-8-11-30(2)52-37)55-38(53-43)23-46-33-12-5-3-4-6-13-33/h7-8,10-11,16-21,25-28,33-35,46-47H,3-6,9,12-15,22-24H2,1-2H3,(H,53,55)(H,54,56)/q+1. The zero-order valence-corrected chi connectivity index (χ0v) is 33.8. The lowest BCUT2D eigenvalue weighted by Crippen LogP contribution is -2.45. The Bertz CT molecular complexity index is 2710. The predicted octanol–water partition coefficient (Wildman–Crippen LogP) is 7.27. The van der Waals surface area contributed by atoms with Crippen LogP contribution in [-0.2, 0) is 13.1 Å². The zero-order valence-electron chi connectivity index (χ0n) is 33.8. The molecule has 4 N–H and O–H groups in total. The van der Waals surface area contributed by atoms with E-state index < -0.39 is 0 Å². The van der Waals surface area contributed by atoms with E-state index >= 15 is 0 Å². The van der Waals surface area contributed by atoms with E-state index in [0.29, 0.717) is 31.2 Å². The molecule has 2 unspecified atom stereocenters. The summed E-state index contributed by atoms with van der Waals surface area (Å²) in [7, 11) is 0. The minimum absolute atomic E-state index is 0.317. The first-order valence-electron chi connectivity index (χ1n) is 21.2. The molecule has 2 fully saturated rings. The van der Waals surface area contributed by atoms with Crippen LogP contribution in [0.25, 0.3) is 56.6 Å². The van der Waals surface area contributed by atoms with Crippen molar-refractivity contribution in [1.29, 1.82) is 0 Å². The smallest absolute Gasteiger partial charge is 0.266 e. The summed E-state index contributed by atoms with van der Waals surface area (Å²) in [5, 5.41) is 16.9. The number of rotatable bonds is 11. The number of nitrogens with one attached hydrogen (secondary N) is 4. The molecule has 0 radical (unpaired) electrons. The number of imidazole rings is 2. The first kappa shape index (κ1) is 37.2. The lowest BCUT2D eigenvalue weighted by atomic mass is 9.90. The van der Waals surface area contributed by atoms with Gasteiger partial charge in [-0.05, 0) is 94.8 Å². The third kappa shape index (κ3) is 7.89. The Labute approximate surface area is 343 Å². The zero-order chi connectivity index (χ0) is 39.7. The molecule has 2 saturated carbocycles. The number of hydrogen-bond acceptors (Lipinski definition) is 9. The van der Waals surface area contributed by atoms with Gasteiger partial charge in [0.05, 0.1) is 47.6 Å². The molecule has 14 nitrogen and oxygen atoms in total. The van der Waals surface area contributed by atoms with Crippen LogP contribution in [0.1, 0.15) is 93.3 Å². The van der Waals surface area contributed by atoms with Crippen LogP contribution in [0.3, 0.4) is 0 Å². The molecule has 0 aromatic carbocycles. The lowest BCUT2D eigenvalue weighted by molar-refractivity contribution is -0.702. The number of fused-ring (bicyclic) bond motifs is 2. The third-order valence-electron chi connectivity index (χ3n) is 12.1. The molecule has 0 bridgehead atoms. The van der Waals surface area contributed by atoms with Gasteiger partial charge >= 0.3 is 0 Å². The molecular formula is C45H51N14+. The van der Waals surface area contributed by atoms with Crippen LogP contribution in [0.15, 0.2) is 85.7 Å². The van der Waals surface area contributed by atoms with Gasteiger partial charge in [-0.15, -0.1) is 0 Å². The predicted molar refractivity (Wildman–Crippen MR) is 226 cm³/mol. The SMILES string of the molecule is Cc1cccc(-c2[nH]c(CNC3CCCCCC3)nc2-c2ccc3n(c2)nc[n+]3C2CCCC(NCc3nc(-c4ccc5ncnn5c4)c(-c4cccc(C)n4)[nH]3)C2)n1. The largest absolute Gasteiger partial charge is 0.339 e. The van der Waals surface area contributed by atoms with Crippen LogP contribution >= 0.6 is 0 Å². The van der Waals surface area contributed by atoms with E-state index in [1.807, 2.05) is 67.3 Å². The number of H-pyrrole nitrogens is 2. The number of aromatic amines is 2. The van der Waals surface area contributed by atoms with E-state index in [0.717, 1.165) is 105 Å². The first-order chi connectivity index (χ1) is 29.0. The molecule has 8 aromatic rings. The molecule has 2 atom stereocenters. The molecule has 0 spiro atoms. The molecular weight excluding hydrogens is 737 g/mol. The summed E-state index contributed by atoms with van der Waals surface area (Å²) in [6.45, 7) is 5.36. The summed E-state index contributed by atoms with van der Waals surface area (Å²) < 4.78 is 6.13. The fourth-order valence-corrected chi connectivity index (χ4v) is 9.06. The number of hydrogen-bond donors (Lipinski definition) is 4. The molecule has 300 valence electrons. The van der Waals surface area contributed by atoms with Crippen LogP contribution in [0.4, 0.5) is 0 Å². The molecule has 59 heavy (non-hydrogen) atoms. The summed E-state index contributed by atoms with van der Waals surface area (Å²) in [4.78, 5) is 31.6. The van der Waals surface area contributed by atoms with Crippen molar-refractivity contribution in [2.75, 3.05) is 0 Å². The minimum atomic E-state index is 0.317. The van der Waals surface area contributed by atoms with Crippen molar-refractivity contribution in [3.05, 3.63) is 109 Å². The van der Waals surface area contributed by atoms with Crippen molar-refractivity contribution in [3.63, 3.8) is 0 Å². The number of pyridine rings is 4. The van der Waals surface area contributed by atoms with E-state index in [9.17, 15) is 0 Å². The van der Waals surface area contributed by atoms with Crippen molar-refractivity contribution in [2.45, 2.75) is 109 Å². The van der Waals surface area contributed by atoms with Gasteiger partial charge in [0.2, 0.25) is 0 Å². The van der Waals surface area contributed by atoms with Crippen molar-refractivity contribution >= 4 is 11.3 Å². The average molecular weight is 788 g/mol. The van der Waals surface area contributed by atoms with Crippen molar-refractivity contribution in [1.82, 2.24) is 64.7 Å². The van der Waals surface area contributed by atoms with Gasteiger partial charge in [-0.3, -0.25) is 9.97 Å². The Balaban J connectivity index is 0.869. The first-order valence-corrected chi connectivity index (χ1v) is 21.2. The summed E-state index contributed by atoms with van der Waals surface area (Å²) in [5.41, 5.74) is 11.1. The van der Waals surface area contributed by atoms with Crippen LogP contribution in [0.5, 0.6) is 0 Å². The number of aryl methyl sites for hydroxylation is 2. The Kier molecular flexibility index (Phi) is 10.2. The third-order valence-corrected chi connectivity index (χ3v) is 12.1. The maximum absolute atomic E-state index is 5.18. The quantitative estimate of drug-likeness (QED) is 0.0782. The summed E-state index contributed by atoms with van der Waals surface area (Å²) in [5.74, 6) is 1.80. The summed E-state index contributed by atoms with van der Waals surface area (Å²) in [6, 6.07) is 21.8. The van der Waals surface area contributed by atoms with Gasteiger partial charge in [-0.1, -0.05) is 42.3 Å². The fraction of sp³-hybridized carbons (Fsp3) is 0.378. The molecule has 8 heterocycles. The molecule has 2 aliphatic carbocycles. The molecule has 0 saturated heterocycles. The van der Waals surface area contributed by atoms with Gasteiger partial charge in [-0.25, -0.2) is 24.0 Å². The van der Waals surface area contributed by atoms with E-state index in [-0.39, 0.29) is 0 Å². The van der Waals surface area contributed by atoms with Crippen LogP contribution in [0.2, 0.25) is 0 Å². The Morgan fingerprint density at radius 2 is 1.27 bits per heavy atom. The fourth-order valence-electron chi connectivity index (χ4n) is 9.06. The highest BCUT2D eigenvalue weighted by Crippen LogP contribution is 2.32. The Morgan fingerprint density at radius 1 is 0.644 bits per heavy atom. The number of aromatic nitrogens is 12. The monoisotopic (exact) mass is 787 g/mol. The second-order valence-electron chi connectivity index (χ2n) is 16.3. The van der Waals surface area contributed by atoms with Crippen molar-refractivity contribution in [3.8, 4) is 45.3 Å². The van der Waals surface area contributed by atoms with Gasteiger partial charge in [0.25, 0.3) is 12.0 Å².